The lowest BCUT2D eigenvalue weighted by Gasteiger charge is -2.30. The fourth-order valence-electron chi connectivity index (χ4n) is 3.31. The number of anilines is 1. The van der Waals surface area contributed by atoms with Crippen LogP contribution in [0.25, 0.3) is 0 Å². The van der Waals surface area contributed by atoms with Crippen molar-refractivity contribution in [1.82, 2.24) is 4.90 Å². The monoisotopic (exact) mass is 263 g/mol. The third-order valence-electron chi connectivity index (χ3n) is 4.38. The predicted octanol–water partition coefficient (Wildman–Crippen LogP) is 2.19. The van der Waals surface area contributed by atoms with Crippen LogP contribution >= 0.6 is 0 Å². The molecule has 19 heavy (non-hydrogen) atoms. The van der Waals surface area contributed by atoms with Gasteiger partial charge in [-0.15, -0.1) is 0 Å². The minimum Gasteiger partial charge on any atom is -0.377 e. The molecule has 0 amide bonds. The van der Waals surface area contributed by atoms with E-state index in [1.807, 2.05) is 6.07 Å². The van der Waals surface area contributed by atoms with Gasteiger partial charge in [0, 0.05) is 30.9 Å². The highest BCUT2D eigenvalue weighted by Gasteiger charge is 2.46. The smallest absolute Gasteiger partial charge is 0.125 e. The molecule has 1 aliphatic heterocycles. The SMILES string of the molecule is CC1CC(CN)(Nc2cccc(F)c2)CN1C1CC1. The second kappa shape index (κ2) is 4.76. The molecule has 2 fully saturated rings. The van der Waals surface area contributed by atoms with Gasteiger partial charge in [0.2, 0.25) is 0 Å². The Kier molecular flexibility index (Phi) is 3.23. The minimum atomic E-state index is -0.206. The molecule has 0 radical (unpaired) electrons. The van der Waals surface area contributed by atoms with Crippen molar-refractivity contribution < 1.29 is 4.39 Å². The van der Waals surface area contributed by atoms with Gasteiger partial charge >= 0.3 is 0 Å². The first-order chi connectivity index (χ1) is 9.12. The molecule has 1 saturated carbocycles. The number of likely N-dealkylation sites (tertiary alicyclic amines) is 1. The average Bonchev–Trinajstić information content (AvgIpc) is 3.15. The predicted molar refractivity (Wildman–Crippen MR) is 75.6 cm³/mol. The summed E-state index contributed by atoms with van der Waals surface area (Å²) < 4.78 is 13.3. The van der Waals surface area contributed by atoms with Gasteiger partial charge in [-0.2, -0.15) is 0 Å². The van der Waals surface area contributed by atoms with Gasteiger partial charge in [-0.05, 0) is 44.4 Å². The van der Waals surface area contributed by atoms with Gasteiger partial charge in [-0.25, -0.2) is 4.39 Å². The number of nitrogens with zero attached hydrogens (tertiary/aromatic N) is 1. The number of nitrogens with one attached hydrogen (secondary N) is 1. The summed E-state index contributed by atoms with van der Waals surface area (Å²) in [5, 5.41) is 3.48. The Morgan fingerprint density at radius 3 is 2.89 bits per heavy atom. The largest absolute Gasteiger partial charge is 0.377 e. The highest BCUT2D eigenvalue weighted by Crippen LogP contribution is 2.38. The first-order valence-corrected chi connectivity index (χ1v) is 7.11. The van der Waals surface area contributed by atoms with Crippen LogP contribution < -0.4 is 11.1 Å². The quantitative estimate of drug-likeness (QED) is 0.875. The third kappa shape index (κ3) is 2.60. The van der Waals surface area contributed by atoms with Crippen LogP contribution in [0.5, 0.6) is 0 Å². The Morgan fingerprint density at radius 2 is 2.26 bits per heavy atom. The Balaban J connectivity index is 1.76. The molecule has 3 N–H and O–H groups in total. The molecule has 1 aromatic carbocycles. The lowest BCUT2D eigenvalue weighted by atomic mass is 9.96. The Labute approximate surface area is 114 Å². The topological polar surface area (TPSA) is 41.3 Å². The van der Waals surface area contributed by atoms with Crippen molar-refractivity contribution in [2.45, 2.75) is 43.8 Å². The summed E-state index contributed by atoms with van der Waals surface area (Å²) in [6.07, 6.45) is 3.65. The zero-order chi connectivity index (χ0) is 13.5. The first-order valence-electron chi connectivity index (χ1n) is 7.11. The number of rotatable bonds is 4. The molecule has 2 unspecified atom stereocenters. The lowest BCUT2D eigenvalue weighted by molar-refractivity contribution is 0.252. The van der Waals surface area contributed by atoms with E-state index in [0.717, 1.165) is 24.7 Å². The van der Waals surface area contributed by atoms with Crippen LogP contribution in [0.2, 0.25) is 0 Å². The van der Waals surface area contributed by atoms with E-state index in [1.54, 1.807) is 12.1 Å². The van der Waals surface area contributed by atoms with Crippen molar-refractivity contribution in [3.05, 3.63) is 30.1 Å². The Morgan fingerprint density at radius 1 is 1.47 bits per heavy atom. The van der Waals surface area contributed by atoms with Crippen molar-refractivity contribution in [3.63, 3.8) is 0 Å². The molecule has 1 saturated heterocycles. The highest BCUT2D eigenvalue weighted by molar-refractivity contribution is 5.46. The maximum atomic E-state index is 13.3. The number of hydrogen-bond acceptors (Lipinski definition) is 3. The standard InChI is InChI=1S/C15H22FN3/c1-11-8-15(9-17,10-19(11)14-5-6-14)18-13-4-2-3-12(16)7-13/h2-4,7,11,14,18H,5-6,8-10,17H2,1H3. The van der Waals surface area contributed by atoms with Gasteiger partial charge in [0.1, 0.15) is 5.82 Å². The van der Waals surface area contributed by atoms with Crippen molar-refractivity contribution in [3.8, 4) is 0 Å². The van der Waals surface area contributed by atoms with E-state index in [2.05, 4.69) is 17.1 Å². The Bertz CT molecular complexity index is 460. The van der Waals surface area contributed by atoms with Crippen molar-refractivity contribution in [1.29, 1.82) is 0 Å². The molecule has 3 nitrogen and oxygen atoms in total. The summed E-state index contributed by atoms with van der Waals surface area (Å²) in [4.78, 5) is 2.55. The third-order valence-corrected chi connectivity index (χ3v) is 4.38. The maximum absolute atomic E-state index is 13.3. The Hall–Kier alpha value is -1.13. The van der Waals surface area contributed by atoms with Crippen LogP contribution in [0.4, 0.5) is 10.1 Å². The molecule has 3 rings (SSSR count). The molecule has 4 heteroatoms. The van der Waals surface area contributed by atoms with Crippen molar-refractivity contribution >= 4 is 5.69 Å². The van der Waals surface area contributed by atoms with Gasteiger partial charge in [0.25, 0.3) is 0 Å². The van der Waals surface area contributed by atoms with E-state index in [4.69, 9.17) is 5.73 Å². The minimum absolute atomic E-state index is 0.115. The van der Waals surface area contributed by atoms with Gasteiger partial charge in [-0.1, -0.05) is 6.07 Å². The van der Waals surface area contributed by atoms with E-state index in [9.17, 15) is 4.39 Å². The van der Waals surface area contributed by atoms with Crippen LogP contribution in [-0.4, -0.2) is 35.6 Å². The summed E-state index contributed by atoms with van der Waals surface area (Å²) in [5.74, 6) is -0.206. The van der Waals surface area contributed by atoms with Crippen LogP contribution in [0.1, 0.15) is 26.2 Å². The summed E-state index contributed by atoms with van der Waals surface area (Å²) >= 11 is 0. The number of nitrogens with two attached hydrogens (primary N) is 1. The molecule has 0 aromatic heterocycles. The van der Waals surface area contributed by atoms with Crippen LogP contribution in [-0.2, 0) is 0 Å². The number of halogens is 1. The molecule has 0 bridgehead atoms. The van der Waals surface area contributed by atoms with E-state index in [1.165, 1.54) is 18.9 Å². The van der Waals surface area contributed by atoms with Crippen LogP contribution in [0, 0.1) is 5.82 Å². The second-order valence-electron chi connectivity index (χ2n) is 6.08. The molecule has 104 valence electrons. The fourth-order valence-corrected chi connectivity index (χ4v) is 3.31. The molecular weight excluding hydrogens is 241 g/mol. The molecular formula is C15H22FN3. The van der Waals surface area contributed by atoms with Crippen LogP contribution in [0.3, 0.4) is 0 Å². The van der Waals surface area contributed by atoms with Gasteiger partial charge in [-0.3, -0.25) is 4.90 Å². The summed E-state index contributed by atoms with van der Waals surface area (Å²) in [7, 11) is 0. The summed E-state index contributed by atoms with van der Waals surface area (Å²) in [6.45, 7) is 3.81. The van der Waals surface area contributed by atoms with Gasteiger partial charge in [0.15, 0.2) is 0 Å². The van der Waals surface area contributed by atoms with Crippen LogP contribution in [0.15, 0.2) is 24.3 Å². The first kappa shape index (κ1) is 12.9. The number of benzene rings is 1. The molecule has 2 atom stereocenters. The fraction of sp³-hybridized carbons (Fsp3) is 0.600. The molecule has 2 aliphatic rings. The molecule has 1 heterocycles. The molecule has 0 spiro atoms. The normalized spacial score (nSPS) is 31.6. The zero-order valence-corrected chi connectivity index (χ0v) is 11.4. The van der Waals surface area contributed by atoms with E-state index >= 15 is 0 Å². The van der Waals surface area contributed by atoms with Crippen molar-refractivity contribution in [2.24, 2.45) is 5.73 Å². The maximum Gasteiger partial charge on any atom is 0.125 e. The summed E-state index contributed by atoms with van der Waals surface area (Å²) in [5.41, 5.74) is 6.73. The van der Waals surface area contributed by atoms with E-state index in [-0.39, 0.29) is 11.4 Å². The van der Waals surface area contributed by atoms with Crippen molar-refractivity contribution in [2.75, 3.05) is 18.4 Å². The van der Waals surface area contributed by atoms with Gasteiger partial charge < -0.3 is 11.1 Å². The van der Waals surface area contributed by atoms with E-state index < -0.39 is 0 Å². The lowest BCUT2D eigenvalue weighted by Crippen LogP contribution is -2.48. The summed E-state index contributed by atoms with van der Waals surface area (Å²) in [6, 6.07) is 7.95. The average molecular weight is 263 g/mol. The highest BCUT2D eigenvalue weighted by atomic mass is 19.1. The molecule has 1 aromatic rings. The van der Waals surface area contributed by atoms with E-state index in [0.29, 0.717) is 12.6 Å². The molecule has 1 aliphatic carbocycles. The second-order valence-corrected chi connectivity index (χ2v) is 6.08. The van der Waals surface area contributed by atoms with Gasteiger partial charge in [0.05, 0.1) is 5.54 Å². The number of hydrogen-bond donors (Lipinski definition) is 2. The zero-order valence-electron chi connectivity index (χ0n) is 11.4.